The summed E-state index contributed by atoms with van der Waals surface area (Å²) >= 11 is 0. The molecule has 0 saturated heterocycles. The number of rotatable bonds is 12. The average Bonchev–Trinajstić information content (AvgIpc) is 2.65. The van der Waals surface area contributed by atoms with Gasteiger partial charge >= 0.3 is 0 Å². The fourth-order valence-electron chi connectivity index (χ4n) is 3.15. The fraction of sp³-hybridized carbons (Fsp3) is 0.455. The van der Waals surface area contributed by atoms with Crippen LogP contribution in [0.4, 0.5) is 0 Å². The van der Waals surface area contributed by atoms with E-state index in [0.29, 0.717) is 17.9 Å². The first-order chi connectivity index (χ1) is 13.4. The van der Waals surface area contributed by atoms with Crippen LogP contribution in [0.3, 0.4) is 0 Å². The molecule has 0 saturated carbocycles. The molecule has 2 aromatic rings. The Morgan fingerprint density at radius 2 is 1.50 bits per heavy atom. The van der Waals surface area contributed by atoms with Crippen molar-refractivity contribution in [3.8, 4) is 17.2 Å². The Kier molecular flexibility index (Phi) is 8.80. The number of phenols is 1. The van der Waals surface area contributed by atoms with Crippen molar-refractivity contribution in [1.82, 2.24) is 0 Å². The van der Waals surface area contributed by atoms with Crippen LogP contribution in [0.5, 0.6) is 17.2 Å². The van der Waals surface area contributed by atoms with Crippen LogP contribution in [-0.4, -0.2) is 18.1 Å². The molecule has 0 aliphatic heterocycles. The summed E-state index contributed by atoms with van der Waals surface area (Å²) in [5, 5.41) is 10.0. The highest BCUT2D eigenvalue weighted by molar-refractivity contribution is 7.86. The van der Waals surface area contributed by atoms with E-state index >= 15 is 0 Å². The largest absolute Gasteiger partial charge is 0.506 e. The molecule has 154 valence electrons. The van der Waals surface area contributed by atoms with Crippen molar-refractivity contribution in [1.29, 1.82) is 0 Å². The topological polar surface area (TPSA) is 83.8 Å². The number of para-hydroxylation sites is 1. The van der Waals surface area contributed by atoms with Crippen molar-refractivity contribution in [2.75, 3.05) is 0 Å². The van der Waals surface area contributed by atoms with Crippen molar-refractivity contribution in [3.05, 3.63) is 48.0 Å². The van der Waals surface area contributed by atoms with Gasteiger partial charge in [0.1, 0.15) is 22.1 Å². The van der Waals surface area contributed by atoms with E-state index in [0.717, 1.165) is 24.8 Å². The molecule has 0 heterocycles. The molecule has 28 heavy (non-hydrogen) atoms. The van der Waals surface area contributed by atoms with E-state index in [-0.39, 0.29) is 0 Å². The highest BCUT2D eigenvalue weighted by atomic mass is 32.2. The van der Waals surface area contributed by atoms with Gasteiger partial charge in [0.15, 0.2) is 0 Å². The van der Waals surface area contributed by atoms with Gasteiger partial charge in [0.05, 0.1) is 0 Å². The smallest absolute Gasteiger partial charge is 0.298 e. The second-order valence-electron chi connectivity index (χ2n) is 7.04. The van der Waals surface area contributed by atoms with E-state index < -0.39 is 20.8 Å². The number of aromatic hydroxyl groups is 1. The van der Waals surface area contributed by atoms with Crippen LogP contribution in [0, 0.1) is 0 Å². The van der Waals surface area contributed by atoms with Gasteiger partial charge < -0.3 is 9.84 Å². The molecule has 0 aromatic heterocycles. The SMILES string of the molecule is CCCCCCCCCCc1cc(O)c(S(=O)(=O)O)cc1Oc1ccccc1. The number of aryl methyl sites for hydroxylation is 1. The minimum atomic E-state index is -4.54. The molecule has 0 unspecified atom stereocenters. The fourth-order valence-corrected chi connectivity index (χ4v) is 3.73. The first kappa shape index (κ1) is 22.2. The molecule has 0 fully saturated rings. The van der Waals surface area contributed by atoms with Crippen LogP contribution in [-0.2, 0) is 16.5 Å². The summed E-state index contributed by atoms with van der Waals surface area (Å²) in [5.41, 5.74) is 0.722. The third-order valence-corrected chi connectivity index (χ3v) is 5.57. The normalized spacial score (nSPS) is 11.5. The quantitative estimate of drug-likeness (QED) is 0.328. The molecule has 0 bridgehead atoms. The lowest BCUT2D eigenvalue weighted by molar-refractivity contribution is 0.432. The summed E-state index contributed by atoms with van der Waals surface area (Å²) in [7, 11) is -4.54. The number of phenolic OH excluding ortho intramolecular Hbond substituents is 1. The van der Waals surface area contributed by atoms with E-state index in [1.165, 1.54) is 44.2 Å². The molecule has 0 spiro atoms. The third-order valence-electron chi connectivity index (χ3n) is 4.69. The Labute approximate surface area is 168 Å². The highest BCUT2D eigenvalue weighted by Crippen LogP contribution is 2.35. The first-order valence-electron chi connectivity index (χ1n) is 9.98. The maximum atomic E-state index is 11.5. The predicted octanol–water partition coefficient (Wildman–Crippen LogP) is 6.11. The van der Waals surface area contributed by atoms with E-state index in [1.54, 1.807) is 12.1 Å². The Balaban J connectivity index is 2.06. The van der Waals surface area contributed by atoms with Crippen molar-refractivity contribution in [2.24, 2.45) is 0 Å². The van der Waals surface area contributed by atoms with Gasteiger partial charge in [0.25, 0.3) is 10.1 Å². The Hall–Kier alpha value is -2.05. The van der Waals surface area contributed by atoms with Gasteiger partial charge in [-0.05, 0) is 36.6 Å². The zero-order chi connectivity index (χ0) is 20.4. The Bertz CT molecular complexity index is 832. The van der Waals surface area contributed by atoms with Crippen LogP contribution >= 0.6 is 0 Å². The van der Waals surface area contributed by atoms with Crippen LogP contribution in [0.25, 0.3) is 0 Å². The van der Waals surface area contributed by atoms with Crippen LogP contribution < -0.4 is 4.74 Å². The maximum Gasteiger partial charge on any atom is 0.298 e. The summed E-state index contributed by atoms with van der Waals surface area (Å²) in [6, 6.07) is 11.6. The van der Waals surface area contributed by atoms with Crippen molar-refractivity contribution < 1.29 is 22.8 Å². The second-order valence-corrected chi connectivity index (χ2v) is 8.43. The summed E-state index contributed by atoms with van der Waals surface area (Å²) < 4.78 is 38.2. The number of unbranched alkanes of at least 4 members (excludes halogenated alkanes) is 7. The summed E-state index contributed by atoms with van der Waals surface area (Å²) in [5.74, 6) is 0.434. The monoisotopic (exact) mass is 406 g/mol. The van der Waals surface area contributed by atoms with Crippen molar-refractivity contribution in [3.63, 3.8) is 0 Å². The molecule has 2 N–H and O–H groups in total. The molecule has 2 aromatic carbocycles. The molecular formula is C22H30O5S. The van der Waals surface area contributed by atoms with Gasteiger partial charge in [-0.2, -0.15) is 8.42 Å². The number of ether oxygens (including phenoxy) is 1. The summed E-state index contributed by atoms with van der Waals surface area (Å²) in [6.07, 6.45) is 10.1. The van der Waals surface area contributed by atoms with Gasteiger partial charge in [-0.1, -0.05) is 70.1 Å². The van der Waals surface area contributed by atoms with Gasteiger partial charge in [-0.25, -0.2) is 0 Å². The van der Waals surface area contributed by atoms with Crippen molar-refractivity contribution >= 4 is 10.1 Å². The third kappa shape index (κ3) is 7.17. The molecule has 0 aliphatic carbocycles. The van der Waals surface area contributed by atoms with Gasteiger partial charge in [-0.3, -0.25) is 4.55 Å². The molecule has 2 rings (SSSR count). The lowest BCUT2D eigenvalue weighted by Crippen LogP contribution is -2.01. The van der Waals surface area contributed by atoms with Crippen LogP contribution in [0.2, 0.25) is 0 Å². The Morgan fingerprint density at radius 3 is 2.11 bits per heavy atom. The number of benzene rings is 2. The van der Waals surface area contributed by atoms with E-state index in [9.17, 15) is 18.1 Å². The molecule has 0 aliphatic rings. The zero-order valence-electron chi connectivity index (χ0n) is 16.4. The minimum Gasteiger partial charge on any atom is -0.506 e. The van der Waals surface area contributed by atoms with Crippen molar-refractivity contribution in [2.45, 2.75) is 69.6 Å². The van der Waals surface area contributed by atoms with Gasteiger partial charge in [0.2, 0.25) is 0 Å². The van der Waals surface area contributed by atoms with Crippen LogP contribution in [0.15, 0.2) is 47.4 Å². The zero-order valence-corrected chi connectivity index (χ0v) is 17.2. The minimum absolute atomic E-state index is 0.333. The Morgan fingerprint density at radius 1 is 0.893 bits per heavy atom. The van der Waals surface area contributed by atoms with Gasteiger partial charge in [-0.15, -0.1) is 0 Å². The molecular weight excluding hydrogens is 376 g/mol. The molecule has 0 radical (unpaired) electrons. The standard InChI is InChI=1S/C22H30O5S/c1-2-3-4-5-6-7-8-10-13-18-16-20(23)22(28(24,25)26)17-21(18)27-19-14-11-9-12-15-19/h9,11-12,14-17,23H,2-8,10,13H2,1H3,(H,24,25,26). The maximum absolute atomic E-state index is 11.5. The number of hydrogen-bond donors (Lipinski definition) is 2. The van der Waals surface area contributed by atoms with Crippen LogP contribution in [0.1, 0.15) is 63.9 Å². The summed E-state index contributed by atoms with van der Waals surface area (Å²) in [4.78, 5) is -0.543. The predicted molar refractivity (Wildman–Crippen MR) is 111 cm³/mol. The molecule has 0 atom stereocenters. The molecule has 0 amide bonds. The second kappa shape index (κ2) is 11.1. The van der Waals surface area contributed by atoms with E-state index in [4.69, 9.17) is 4.74 Å². The molecule has 5 nitrogen and oxygen atoms in total. The van der Waals surface area contributed by atoms with E-state index in [1.807, 2.05) is 18.2 Å². The average molecular weight is 407 g/mol. The number of hydrogen-bond acceptors (Lipinski definition) is 4. The van der Waals surface area contributed by atoms with E-state index in [2.05, 4.69) is 6.92 Å². The lowest BCUT2D eigenvalue weighted by Gasteiger charge is -2.14. The first-order valence-corrected chi connectivity index (χ1v) is 11.4. The highest BCUT2D eigenvalue weighted by Gasteiger charge is 2.20. The van der Waals surface area contributed by atoms with Gasteiger partial charge in [0, 0.05) is 6.07 Å². The molecule has 6 heteroatoms. The lowest BCUT2D eigenvalue weighted by atomic mass is 10.0. The summed E-state index contributed by atoms with van der Waals surface area (Å²) in [6.45, 7) is 2.21.